The number of ketones is 1. The molecule has 0 aromatic heterocycles. The fraction of sp³-hybridized carbons (Fsp3) is 0.833. The van der Waals surface area contributed by atoms with Crippen LogP contribution in [0.4, 0.5) is 4.79 Å². The van der Waals surface area contributed by atoms with Crippen molar-refractivity contribution in [1.82, 2.24) is 10.2 Å². The zero-order chi connectivity index (χ0) is 19.0. The van der Waals surface area contributed by atoms with E-state index < -0.39 is 29.6 Å². The molecule has 1 heterocycles. The highest BCUT2D eigenvalue weighted by Crippen LogP contribution is 2.21. The van der Waals surface area contributed by atoms with Gasteiger partial charge in [0.05, 0.1) is 6.42 Å². The minimum Gasteiger partial charge on any atom is -0.481 e. The molecule has 0 aromatic carbocycles. The van der Waals surface area contributed by atoms with Crippen LogP contribution in [-0.4, -0.2) is 59.1 Å². The van der Waals surface area contributed by atoms with E-state index in [9.17, 15) is 14.4 Å². The van der Waals surface area contributed by atoms with Crippen molar-refractivity contribution in [3.63, 3.8) is 0 Å². The van der Waals surface area contributed by atoms with Crippen LogP contribution in [0.3, 0.4) is 0 Å². The molecule has 144 valence electrons. The van der Waals surface area contributed by atoms with E-state index in [1.807, 2.05) is 0 Å². The third kappa shape index (κ3) is 7.42. The number of nitrogens with one attached hydrogen (secondary N) is 1. The van der Waals surface area contributed by atoms with Crippen LogP contribution in [0.15, 0.2) is 0 Å². The minimum absolute atomic E-state index is 0.184. The Hall–Kier alpha value is -1.63. The summed E-state index contributed by atoms with van der Waals surface area (Å²) in [5.74, 6) is -1.74. The molecule has 1 fully saturated rings. The number of ether oxygens (including phenoxy) is 1. The number of nitrogens with zero attached hydrogens (tertiary/aromatic N) is 1. The maximum atomic E-state index is 13.0. The summed E-state index contributed by atoms with van der Waals surface area (Å²) in [6.07, 6.45) is 2.60. The molecule has 0 bridgehead atoms. The van der Waals surface area contributed by atoms with Gasteiger partial charge in [0.2, 0.25) is 0 Å². The summed E-state index contributed by atoms with van der Waals surface area (Å²) >= 11 is 0. The van der Waals surface area contributed by atoms with Crippen LogP contribution in [0.25, 0.3) is 0 Å². The summed E-state index contributed by atoms with van der Waals surface area (Å²) in [4.78, 5) is 38.0. The van der Waals surface area contributed by atoms with Gasteiger partial charge in [0.15, 0.2) is 5.78 Å². The van der Waals surface area contributed by atoms with Gasteiger partial charge in [-0.2, -0.15) is 0 Å². The van der Waals surface area contributed by atoms with Crippen molar-refractivity contribution in [3.05, 3.63) is 0 Å². The molecule has 1 rings (SSSR count). The summed E-state index contributed by atoms with van der Waals surface area (Å²) in [5, 5.41) is 12.3. The normalized spacial score (nSPS) is 19.4. The molecular formula is C18H32N2O5. The predicted octanol–water partition coefficient (Wildman–Crippen LogP) is 2.44. The van der Waals surface area contributed by atoms with Gasteiger partial charge >= 0.3 is 12.1 Å². The van der Waals surface area contributed by atoms with Crippen LogP contribution < -0.4 is 5.32 Å². The number of carboxylic acids is 1. The lowest BCUT2D eigenvalue weighted by Crippen LogP contribution is -2.59. The maximum Gasteiger partial charge on any atom is 0.410 e. The average molecular weight is 356 g/mol. The fourth-order valence-corrected chi connectivity index (χ4v) is 2.97. The van der Waals surface area contributed by atoms with Gasteiger partial charge < -0.3 is 15.2 Å². The largest absolute Gasteiger partial charge is 0.481 e. The summed E-state index contributed by atoms with van der Waals surface area (Å²) in [6.45, 7) is 8.69. The third-order valence-corrected chi connectivity index (χ3v) is 4.18. The molecule has 7 heteroatoms. The van der Waals surface area contributed by atoms with E-state index in [0.29, 0.717) is 26.1 Å². The highest BCUT2D eigenvalue weighted by atomic mass is 16.6. The molecule has 2 N–H and O–H groups in total. The Morgan fingerprint density at radius 2 is 1.96 bits per heavy atom. The Bertz CT molecular complexity index is 473. The second kappa shape index (κ2) is 9.75. The summed E-state index contributed by atoms with van der Waals surface area (Å²) in [7, 11) is 0. The van der Waals surface area contributed by atoms with E-state index in [1.165, 1.54) is 4.90 Å². The van der Waals surface area contributed by atoms with Crippen molar-refractivity contribution >= 4 is 17.8 Å². The number of Topliss-reactive ketones (excluding diaryl/α,β-unsaturated/α-hetero) is 1. The maximum absolute atomic E-state index is 13.0. The van der Waals surface area contributed by atoms with E-state index in [4.69, 9.17) is 9.84 Å². The quantitative estimate of drug-likeness (QED) is 0.649. The SMILES string of the molecule is CCCCC[C@H](CC(=O)O)C(=O)[C@@H]1CNCCN1C(=O)OC(C)(C)C. The Kier molecular flexibility index (Phi) is 8.35. The van der Waals surface area contributed by atoms with Gasteiger partial charge in [-0.05, 0) is 27.2 Å². The fourth-order valence-electron chi connectivity index (χ4n) is 2.97. The van der Waals surface area contributed by atoms with E-state index in [2.05, 4.69) is 12.2 Å². The van der Waals surface area contributed by atoms with Crippen molar-refractivity contribution in [2.24, 2.45) is 5.92 Å². The zero-order valence-corrected chi connectivity index (χ0v) is 15.8. The lowest BCUT2D eigenvalue weighted by molar-refractivity contribution is -0.142. The van der Waals surface area contributed by atoms with Crippen molar-refractivity contribution in [2.45, 2.75) is 71.4 Å². The number of carboxylic acid groups (broad SMARTS) is 1. The lowest BCUT2D eigenvalue weighted by Gasteiger charge is -2.37. The first-order valence-electron chi connectivity index (χ1n) is 9.11. The molecule has 7 nitrogen and oxygen atoms in total. The predicted molar refractivity (Wildman–Crippen MR) is 94.5 cm³/mol. The third-order valence-electron chi connectivity index (χ3n) is 4.18. The first-order chi connectivity index (χ1) is 11.7. The van der Waals surface area contributed by atoms with Crippen LogP contribution >= 0.6 is 0 Å². The molecule has 0 spiro atoms. The number of rotatable bonds is 8. The van der Waals surface area contributed by atoms with Crippen LogP contribution in [0, 0.1) is 5.92 Å². The molecule has 1 amide bonds. The van der Waals surface area contributed by atoms with E-state index in [1.54, 1.807) is 20.8 Å². The molecule has 1 aliphatic rings. The standard InChI is InChI=1S/C18H32N2O5/c1-5-6-7-8-13(11-15(21)22)16(23)14-12-19-9-10-20(14)17(24)25-18(2,3)4/h13-14,19H,5-12H2,1-4H3,(H,21,22)/t13-,14+/m1/s1. The minimum atomic E-state index is -0.984. The van der Waals surface area contributed by atoms with Crippen molar-refractivity contribution in [2.75, 3.05) is 19.6 Å². The summed E-state index contributed by atoms with van der Waals surface area (Å²) < 4.78 is 5.41. The lowest BCUT2D eigenvalue weighted by atomic mass is 9.88. The first-order valence-corrected chi connectivity index (χ1v) is 9.11. The van der Waals surface area contributed by atoms with Gasteiger partial charge in [0.1, 0.15) is 11.6 Å². The Labute approximate surface area is 150 Å². The second-order valence-corrected chi connectivity index (χ2v) is 7.59. The number of carbonyl (C=O) groups is 3. The molecule has 0 saturated carbocycles. The number of aliphatic carboxylic acids is 1. The smallest absolute Gasteiger partial charge is 0.410 e. The highest BCUT2D eigenvalue weighted by molar-refractivity contribution is 5.91. The van der Waals surface area contributed by atoms with E-state index in [-0.39, 0.29) is 12.2 Å². The second-order valence-electron chi connectivity index (χ2n) is 7.59. The molecule has 0 unspecified atom stereocenters. The number of amides is 1. The number of hydrogen-bond donors (Lipinski definition) is 2. The van der Waals surface area contributed by atoms with Crippen molar-refractivity contribution in [3.8, 4) is 0 Å². The Balaban J connectivity index is 2.86. The zero-order valence-electron chi connectivity index (χ0n) is 15.8. The molecule has 25 heavy (non-hydrogen) atoms. The molecule has 0 radical (unpaired) electrons. The van der Waals surface area contributed by atoms with Crippen molar-refractivity contribution in [1.29, 1.82) is 0 Å². The van der Waals surface area contributed by atoms with Crippen LogP contribution in [0.1, 0.15) is 59.8 Å². The van der Waals surface area contributed by atoms with Gasteiger partial charge in [-0.25, -0.2) is 4.79 Å². The van der Waals surface area contributed by atoms with E-state index >= 15 is 0 Å². The number of hydrogen-bond acceptors (Lipinski definition) is 5. The monoisotopic (exact) mass is 356 g/mol. The number of carbonyl (C=O) groups excluding carboxylic acids is 2. The first kappa shape index (κ1) is 21.4. The van der Waals surface area contributed by atoms with Gasteiger partial charge in [-0.3, -0.25) is 14.5 Å². The van der Waals surface area contributed by atoms with Crippen LogP contribution in [0.5, 0.6) is 0 Å². The number of unbranched alkanes of at least 4 members (excludes halogenated alkanes) is 2. The van der Waals surface area contributed by atoms with Crippen molar-refractivity contribution < 1.29 is 24.2 Å². The number of piperazine rings is 1. The van der Waals surface area contributed by atoms with E-state index in [0.717, 1.165) is 19.3 Å². The molecule has 0 aromatic rings. The highest BCUT2D eigenvalue weighted by Gasteiger charge is 2.38. The van der Waals surface area contributed by atoms with Crippen LogP contribution in [-0.2, 0) is 14.3 Å². The molecular weight excluding hydrogens is 324 g/mol. The van der Waals surface area contributed by atoms with Gasteiger partial charge in [-0.15, -0.1) is 0 Å². The van der Waals surface area contributed by atoms with Gasteiger partial charge in [0.25, 0.3) is 0 Å². The van der Waals surface area contributed by atoms with Crippen LogP contribution in [0.2, 0.25) is 0 Å². The topological polar surface area (TPSA) is 95.9 Å². The molecule has 1 aliphatic heterocycles. The average Bonchev–Trinajstić information content (AvgIpc) is 2.51. The summed E-state index contributed by atoms with van der Waals surface area (Å²) in [6, 6.07) is -0.672. The molecule has 1 saturated heterocycles. The molecule has 2 atom stereocenters. The summed E-state index contributed by atoms with van der Waals surface area (Å²) in [5.41, 5.74) is -0.642. The van der Waals surface area contributed by atoms with Gasteiger partial charge in [0, 0.05) is 25.6 Å². The van der Waals surface area contributed by atoms with Gasteiger partial charge in [-0.1, -0.05) is 26.2 Å². The Morgan fingerprint density at radius 3 is 2.52 bits per heavy atom. The Morgan fingerprint density at radius 1 is 1.28 bits per heavy atom. The molecule has 0 aliphatic carbocycles.